The number of carbonyl (C=O) groups excluding carboxylic acids is 2. The number of hydrogen-bond donors (Lipinski definition) is 2. The van der Waals surface area contributed by atoms with Gasteiger partial charge in [0.25, 0.3) is 5.91 Å². The lowest BCUT2D eigenvalue weighted by molar-refractivity contribution is 0.0761. The molecule has 162 valence electrons. The van der Waals surface area contributed by atoms with Crippen molar-refractivity contribution in [3.63, 3.8) is 0 Å². The first-order valence-electron chi connectivity index (χ1n) is 10.0. The van der Waals surface area contributed by atoms with E-state index in [1.54, 1.807) is 21.5 Å². The molecule has 0 radical (unpaired) electrons. The normalized spacial score (nSPS) is 20.5. The summed E-state index contributed by atoms with van der Waals surface area (Å²) in [6, 6.07) is 3.27. The molecule has 2 aliphatic heterocycles. The fourth-order valence-electron chi connectivity index (χ4n) is 4.18. The van der Waals surface area contributed by atoms with Crippen LogP contribution in [0, 0.1) is 18.3 Å². The first kappa shape index (κ1) is 20.8. The molecule has 2 aromatic rings. The van der Waals surface area contributed by atoms with Crippen molar-refractivity contribution >= 4 is 23.3 Å². The summed E-state index contributed by atoms with van der Waals surface area (Å²) in [4.78, 5) is 32.2. The number of aliphatic hydroxyl groups is 1. The van der Waals surface area contributed by atoms with Gasteiger partial charge in [-0.2, -0.15) is 5.10 Å². The molecule has 4 rings (SSSR count). The summed E-state index contributed by atoms with van der Waals surface area (Å²) in [6.07, 6.45) is 0.486. The van der Waals surface area contributed by atoms with Crippen molar-refractivity contribution in [1.82, 2.24) is 19.6 Å². The SMILES string of the molecule is [C-]#[N+]c1cc(NC(=O)N2Cc3c(nn4c3C(=O)N(C)CC(CO)C4)CC2C)ccc1F. The maximum atomic E-state index is 13.6. The van der Waals surface area contributed by atoms with E-state index < -0.39 is 11.8 Å². The molecule has 10 heteroatoms. The van der Waals surface area contributed by atoms with Crippen LogP contribution in [0.5, 0.6) is 0 Å². The topological polar surface area (TPSA) is 95.1 Å². The Morgan fingerprint density at radius 1 is 1.42 bits per heavy atom. The quantitative estimate of drug-likeness (QED) is 0.720. The molecule has 31 heavy (non-hydrogen) atoms. The number of nitrogens with one attached hydrogen (secondary N) is 1. The van der Waals surface area contributed by atoms with Crippen LogP contribution in [0.15, 0.2) is 18.2 Å². The number of benzene rings is 1. The summed E-state index contributed by atoms with van der Waals surface area (Å²) in [5.74, 6) is -0.932. The molecule has 0 aliphatic carbocycles. The molecule has 0 saturated heterocycles. The molecule has 0 bridgehead atoms. The predicted molar refractivity (Wildman–Crippen MR) is 110 cm³/mol. The van der Waals surface area contributed by atoms with Crippen LogP contribution >= 0.6 is 0 Å². The van der Waals surface area contributed by atoms with E-state index in [2.05, 4.69) is 15.3 Å². The molecule has 9 nitrogen and oxygen atoms in total. The summed E-state index contributed by atoms with van der Waals surface area (Å²) in [5, 5.41) is 17.0. The van der Waals surface area contributed by atoms with Gasteiger partial charge in [-0.1, -0.05) is 0 Å². The van der Waals surface area contributed by atoms with Gasteiger partial charge in [-0.25, -0.2) is 14.0 Å². The Morgan fingerprint density at radius 2 is 2.19 bits per heavy atom. The minimum absolute atomic E-state index is 0.0449. The molecule has 2 aliphatic rings. The fourth-order valence-corrected chi connectivity index (χ4v) is 4.18. The Hall–Kier alpha value is -3.45. The monoisotopic (exact) mass is 426 g/mol. The van der Waals surface area contributed by atoms with Gasteiger partial charge >= 0.3 is 6.03 Å². The second kappa shape index (κ2) is 8.00. The van der Waals surface area contributed by atoms with E-state index in [0.29, 0.717) is 36.5 Å². The lowest BCUT2D eigenvalue weighted by atomic mass is 9.99. The first-order chi connectivity index (χ1) is 14.8. The van der Waals surface area contributed by atoms with Gasteiger partial charge in [0.1, 0.15) is 11.5 Å². The number of nitrogens with zero attached hydrogens (tertiary/aromatic N) is 5. The standard InChI is InChI=1S/C21H23FN6O3/c1-12-6-17-15(19-20(30)26(3)8-13(11-29)9-28(19)25-17)10-27(12)21(31)24-14-4-5-16(22)18(7-14)23-2/h4-5,7,12-13,29H,6,8-11H2,1,3H3,(H,24,31). The fraction of sp³-hybridized carbons (Fsp3) is 0.429. The highest BCUT2D eigenvalue weighted by Gasteiger charge is 2.37. The maximum absolute atomic E-state index is 13.6. The van der Waals surface area contributed by atoms with Crippen molar-refractivity contribution in [3.8, 4) is 0 Å². The summed E-state index contributed by atoms with van der Waals surface area (Å²) in [5.41, 5.74) is 2.11. The van der Waals surface area contributed by atoms with Gasteiger partial charge in [0.15, 0.2) is 0 Å². The Labute approximate surface area is 178 Å². The number of hydrogen-bond acceptors (Lipinski definition) is 4. The van der Waals surface area contributed by atoms with E-state index >= 15 is 0 Å². The number of anilines is 1. The number of urea groups is 1. The minimum Gasteiger partial charge on any atom is -0.396 e. The summed E-state index contributed by atoms with van der Waals surface area (Å²) in [7, 11) is 1.69. The molecule has 2 N–H and O–H groups in total. The summed E-state index contributed by atoms with van der Waals surface area (Å²) < 4.78 is 15.2. The van der Waals surface area contributed by atoms with Crippen LogP contribution in [-0.4, -0.2) is 62.9 Å². The van der Waals surface area contributed by atoms with Gasteiger partial charge in [-0.3, -0.25) is 9.48 Å². The molecule has 0 spiro atoms. The Bertz CT molecular complexity index is 1090. The molecular formula is C21H23FN6O3. The summed E-state index contributed by atoms with van der Waals surface area (Å²) in [6.45, 7) is 9.95. The van der Waals surface area contributed by atoms with E-state index in [1.165, 1.54) is 12.1 Å². The third-order valence-corrected chi connectivity index (χ3v) is 5.83. The number of carbonyl (C=O) groups is 2. The second-order valence-electron chi connectivity index (χ2n) is 8.08. The molecule has 3 heterocycles. The number of amides is 3. The third kappa shape index (κ3) is 3.72. The van der Waals surface area contributed by atoms with E-state index in [9.17, 15) is 19.1 Å². The van der Waals surface area contributed by atoms with Crippen LogP contribution in [0.1, 0.15) is 28.7 Å². The first-order valence-corrected chi connectivity index (χ1v) is 10.0. The van der Waals surface area contributed by atoms with Gasteiger partial charge in [0.2, 0.25) is 5.69 Å². The Kier molecular flexibility index (Phi) is 5.37. The lowest BCUT2D eigenvalue weighted by Gasteiger charge is -2.33. The smallest absolute Gasteiger partial charge is 0.322 e. The van der Waals surface area contributed by atoms with Crippen molar-refractivity contribution in [2.45, 2.75) is 32.5 Å². The molecule has 2 atom stereocenters. The number of aliphatic hydroxyl groups excluding tert-OH is 1. The zero-order valence-electron chi connectivity index (χ0n) is 17.3. The zero-order valence-corrected chi connectivity index (χ0v) is 17.3. The van der Waals surface area contributed by atoms with E-state index in [4.69, 9.17) is 6.57 Å². The van der Waals surface area contributed by atoms with Gasteiger partial charge < -0.3 is 20.2 Å². The zero-order chi connectivity index (χ0) is 22.3. The number of halogens is 1. The highest BCUT2D eigenvalue weighted by Crippen LogP contribution is 2.30. The predicted octanol–water partition coefficient (Wildman–Crippen LogP) is 2.25. The van der Waals surface area contributed by atoms with Crippen LogP contribution in [-0.2, 0) is 19.5 Å². The molecule has 3 amide bonds. The Balaban J connectivity index is 1.61. The van der Waals surface area contributed by atoms with Crippen molar-refractivity contribution in [1.29, 1.82) is 0 Å². The molecule has 0 saturated carbocycles. The van der Waals surface area contributed by atoms with E-state index in [1.807, 2.05) is 6.92 Å². The van der Waals surface area contributed by atoms with Crippen LogP contribution in [0.25, 0.3) is 4.85 Å². The van der Waals surface area contributed by atoms with Gasteiger partial charge in [-0.15, -0.1) is 0 Å². The van der Waals surface area contributed by atoms with Crippen molar-refractivity contribution in [2.24, 2.45) is 5.92 Å². The third-order valence-electron chi connectivity index (χ3n) is 5.83. The van der Waals surface area contributed by atoms with Crippen LogP contribution < -0.4 is 5.32 Å². The molecule has 1 aromatic heterocycles. The average Bonchev–Trinajstić information content (AvgIpc) is 3.03. The van der Waals surface area contributed by atoms with Gasteiger partial charge in [0.05, 0.1) is 18.8 Å². The Morgan fingerprint density at radius 3 is 2.90 bits per heavy atom. The molecule has 0 fully saturated rings. The van der Waals surface area contributed by atoms with Gasteiger partial charge in [0, 0.05) is 56.4 Å². The van der Waals surface area contributed by atoms with E-state index in [-0.39, 0.29) is 36.7 Å². The van der Waals surface area contributed by atoms with E-state index in [0.717, 1.165) is 11.8 Å². The largest absolute Gasteiger partial charge is 0.396 e. The van der Waals surface area contributed by atoms with Crippen LogP contribution in [0.4, 0.5) is 20.6 Å². The van der Waals surface area contributed by atoms with Crippen LogP contribution in [0.3, 0.4) is 0 Å². The maximum Gasteiger partial charge on any atom is 0.322 e. The van der Waals surface area contributed by atoms with Crippen molar-refractivity contribution in [3.05, 3.63) is 52.4 Å². The van der Waals surface area contributed by atoms with Crippen LogP contribution in [0.2, 0.25) is 0 Å². The van der Waals surface area contributed by atoms with Crippen molar-refractivity contribution < 1.29 is 19.1 Å². The molecule has 1 aromatic carbocycles. The lowest BCUT2D eigenvalue weighted by Crippen LogP contribution is -2.45. The summed E-state index contributed by atoms with van der Waals surface area (Å²) >= 11 is 0. The number of fused-ring (bicyclic) bond motifs is 3. The second-order valence-corrected chi connectivity index (χ2v) is 8.08. The number of rotatable bonds is 2. The molecule has 2 unspecified atom stereocenters. The van der Waals surface area contributed by atoms with Gasteiger partial charge in [-0.05, 0) is 25.1 Å². The highest BCUT2D eigenvalue weighted by atomic mass is 19.1. The number of aromatic nitrogens is 2. The van der Waals surface area contributed by atoms with Crippen molar-refractivity contribution in [2.75, 3.05) is 25.5 Å². The molecular weight excluding hydrogens is 403 g/mol. The average molecular weight is 426 g/mol. The minimum atomic E-state index is -0.643. The highest BCUT2D eigenvalue weighted by molar-refractivity contribution is 5.95.